The Morgan fingerprint density at radius 1 is 1.00 bits per heavy atom. The van der Waals surface area contributed by atoms with Crippen LogP contribution in [0.25, 0.3) is 0 Å². The van der Waals surface area contributed by atoms with Gasteiger partial charge in [-0.1, -0.05) is 67.4 Å². The minimum absolute atomic E-state index is 0. The molecule has 1 aliphatic heterocycles. The number of benzene rings is 2. The van der Waals surface area contributed by atoms with Crippen molar-refractivity contribution in [3.63, 3.8) is 0 Å². The third kappa shape index (κ3) is 5.84. The van der Waals surface area contributed by atoms with E-state index in [2.05, 4.69) is 16.0 Å². The van der Waals surface area contributed by atoms with E-state index in [-0.39, 0.29) is 36.7 Å². The van der Waals surface area contributed by atoms with Gasteiger partial charge in [0, 0.05) is 6.54 Å². The summed E-state index contributed by atoms with van der Waals surface area (Å²) in [6, 6.07) is 10.2. The molecule has 3 amide bonds. The van der Waals surface area contributed by atoms with Crippen LogP contribution in [0, 0.1) is 5.92 Å². The molecule has 0 radical (unpaired) electrons. The van der Waals surface area contributed by atoms with Gasteiger partial charge in [0.2, 0.25) is 11.8 Å². The summed E-state index contributed by atoms with van der Waals surface area (Å²) in [5.74, 6) is -1.23. The standard InChI is InChI=1S/C24H28Cl2N4O3.ClH/c1-13(2)19(28-22(31)14(3)27-4)24(33)30-12-15-8-5-6-9-16(15)21(30)23(32)29-20-17(25)10-7-11-18(20)26;/h5-11,13-14,19,21,27H,12H2,1-4H3,(H,28,31)(H,29,32);1H/t14?,19?,21-;/m0./s1. The zero-order valence-electron chi connectivity index (χ0n) is 19.4. The molecule has 34 heavy (non-hydrogen) atoms. The summed E-state index contributed by atoms with van der Waals surface area (Å²) < 4.78 is 0. The average molecular weight is 528 g/mol. The molecule has 0 saturated heterocycles. The van der Waals surface area contributed by atoms with E-state index in [4.69, 9.17) is 23.2 Å². The summed E-state index contributed by atoms with van der Waals surface area (Å²) >= 11 is 12.5. The number of nitrogens with zero attached hydrogens (tertiary/aromatic N) is 1. The van der Waals surface area contributed by atoms with Gasteiger partial charge in [-0.25, -0.2) is 0 Å². The van der Waals surface area contributed by atoms with Crippen LogP contribution in [0.15, 0.2) is 42.5 Å². The lowest BCUT2D eigenvalue weighted by Crippen LogP contribution is -2.55. The van der Waals surface area contributed by atoms with Gasteiger partial charge in [0.25, 0.3) is 5.91 Å². The molecule has 3 N–H and O–H groups in total. The van der Waals surface area contributed by atoms with Gasteiger partial charge < -0.3 is 20.9 Å². The molecular formula is C24H29Cl3N4O3. The Labute approximate surface area is 216 Å². The smallest absolute Gasteiger partial charge is 0.251 e. The van der Waals surface area contributed by atoms with Crippen LogP contribution < -0.4 is 16.0 Å². The minimum Gasteiger partial charge on any atom is -0.343 e. The van der Waals surface area contributed by atoms with Crippen molar-refractivity contribution in [2.75, 3.05) is 12.4 Å². The van der Waals surface area contributed by atoms with Crippen LogP contribution in [0.4, 0.5) is 5.69 Å². The van der Waals surface area contributed by atoms with Crippen LogP contribution in [0.5, 0.6) is 0 Å². The monoisotopic (exact) mass is 526 g/mol. The van der Waals surface area contributed by atoms with E-state index in [9.17, 15) is 14.4 Å². The van der Waals surface area contributed by atoms with Crippen LogP contribution >= 0.6 is 35.6 Å². The fourth-order valence-electron chi connectivity index (χ4n) is 3.79. The Bertz CT molecular complexity index is 1040. The van der Waals surface area contributed by atoms with Crippen molar-refractivity contribution in [3.8, 4) is 0 Å². The van der Waals surface area contributed by atoms with E-state index in [0.717, 1.165) is 11.1 Å². The summed E-state index contributed by atoms with van der Waals surface area (Å²) in [6.07, 6.45) is 0. The van der Waals surface area contributed by atoms with Gasteiger partial charge in [-0.15, -0.1) is 12.4 Å². The second-order valence-corrected chi connectivity index (χ2v) is 9.21. The van der Waals surface area contributed by atoms with E-state index in [1.54, 1.807) is 32.2 Å². The molecule has 2 aromatic carbocycles. The van der Waals surface area contributed by atoms with E-state index in [1.165, 1.54) is 4.90 Å². The zero-order chi connectivity index (χ0) is 24.3. The SMILES string of the molecule is CNC(C)C(=O)NC(C(=O)N1Cc2ccccc2[C@H]1C(=O)Nc1c(Cl)cccc1Cl)C(C)C.Cl. The lowest BCUT2D eigenvalue weighted by molar-refractivity contribution is -0.143. The van der Waals surface area contributed by atoms with E-state index < -0.39 is 24.0 Å². The topological polar surface area (TPSA) is 90.5 Å². The van der Waals surface area contributed by atoms with E-state index in [0.29, 0.717) is 15.7 Å². The van der Waals surface area contributed by atoms with Crippen molar-refractivity contribution in [2.24, 2.45) is 5.92 Å². The Morgan fingerprint density at radius 3 is 2.21 bits per heavy atom. The first-order chi connectivity index (χ1) is 15.6. The molecule has 1 aliphatic rings. The van der Waals surface area contributed by atoms with Crippen LogP contribution in [0.3, 0.4) is 0 Å². The fraction of sp³-hybridized carbons (Fsp3) is 0.375. The van der Waals surface area contributed by atoms with Gasteiger partial charge in [0.15, 0.2) is 0 Å². The maximum atomic E-state index is 13.7. The molecule has 7 nitrogen and oxygen atoms in total. The van der Waals surface area contributed by atoms with Crippen LogP contribution in [0.1, 0.15) is 37.9 Å². The van der Waals surface area contributed by atoms with Gasteiger partial charge in [0.1, 0.15) is 12.1 Å². The lowest BCUT2D eigenvalue weighted by atomic mass is 10.0. The summed E-state index contributed by atoms with van der Waals surface area (Å²) in [4.78, 5) is 41.1. The highest BCUT2D eigenvalue weighted by atomic mass is 35.5. The number of carbonyl (C=O) groups excluding carboxylic acids is 3. The Balaban J connectivity index is 0.00000408. The number of fused-ring (bicyclic) bond motifs is 1. The van der Waals surface area contributed by atoms with Crippen LogP contribution in [-0.4, -0.2) is 41.8 Å². The third-order valence-corrected chi connectivity index (χ3v) is 6.43. The molecule has 0 bridgehead atoms. The predicted molar refractivity (Wildman–Crippen MR) is 137 cm³/mol. The van der Waals surface area contributed by atoms with Gasteiger partial charge in [-0.3, -0.25) is 14.4 Å². The van der Waals surface area contributed by atoms with Crippen LogP contribution in [0.2, 0.25) is 10.0 Å². The summed E-state index contributed by atoms with van der Waals surface area (Å²) in [5, 5.41) is 9.09. The molecule has 184 valence electrons. The number of hydrogen-bond donors (Lipinski definition) is 3. The number of carbonyl (C=O) groups is 3. The second-order valence-electron chi connectivity index (χ2n) is 8.39. The number of likely N-dealkylation sites (N-methyl/N-ethyl adjacent to an activating group) is 1. The summed E-state index contributed by atoms with van der Waals surface area (Å²) in [6.45, 7) is 5.68. The van der Waals surface area contributed by atoms with E-state index >= 15 is 0 Å². The van der Waals surface area contributed by atoms with Crippen LogP contribution in [-0.2, 0) is 20.9 Å². The molecule has 0 spiro atoms. The second kappa shape index (κ2) is 11.9. The quantitative estimate of drug-likeness (QED) is 0.504. The number of halogens is 3. The number of anilines is 1. The summed E-state index contributed by atoms with van der Waals surface area (Å²) in [7, 11) is 1.67. The molecule has 2 unspecified atom stereocenters. The molecule has 10 heteroatoms. The lowest BCUT2D eigenvalue weighted by Gasteiger charge is -2.31. The Morgan fingerprint density at radius 2 is 1.62 bits per heavy atom. The highest BCUT2D eigenvalue weighted by Gasteiger charge is 2.42. The fourth-order valence-corrected chi connectivity index (χ4v) is 4.28. The van der Waals surface area contributed by atoms with Crippen molar-refractivity contribution >= 4 is 59.0 Å². The summed E-state index contributed by atoms with van der Waals surface area (Å²) in [5.41, 5.74) is 1.89. The molecule has 0 saturated carbocycles. The van der Waals surface area contributed by atoms with Crippen molar-refractivity contribution in [1.82, 2.24) is 15.5 Å². The third-order valence-electron chi connectivity index (χ3n) is 5.80. The first kappa shape index (κ1) is 27.9. The van der Waals surface area contributed by atoms with Crippen molar-refractivity contribution in [2.45, 2.75) is 45.4 Å². The number of para-hydroxylation sites is 1. The minimum atomic E-state index is -0.888. The maximum Gasteiger partial charge on any atom is 0.251 e. The average Bonchev–Trinajstić information content (AvgIpc) is 3.18. The van der Waals surface area contributed by atoms with Crippen molar-refractivity contribution < 1.29 is 14.4 Å². The van der Waals surface area contributed by atoms with Gasteiger partial charge >= 0.3 is 0 Å². The molecule has 1 heterocycles. The largest absolute Gasteiger partial charge is 0.343 e. The normalized spacial score (nSPS) is 16.3. The molecule has 0 fully saturated rings. The molecule has 0 aliphatic carbocycles. The highest BCUT2D eigenvalue weighted by molar-refractivity contribution is 6.39. The zero-order valence-corrected chi connectivity index (χ0v) is 21.7. The molecular weight excluding hydrogens is 499 g/mol. The maximum absolute atomic E-state index is 13.7. The number of rotatable bonds is 7. The number of hydrogen-bond acceptors (Lipinski definition) is 4. The van der Waals surface area contributed by atoms with Gasteiger partial charge in [0.05, 0.1) is 21.8 Å². The van der Waals surface area contributed by atoms with E-state index in [1.807, 2.05) is 38.1 Å². The van der Waals surface area contributed by atoms with Gasteiger partial charge in [-0.2, -0.15) is 0 Å². The molecule has 0 aromatic heterocycles. The first-order valence-corrected chi connectivity index (χ1v) is 11.5. The molecule has 3 atom stereocenters. The molecule has 2 aromatic rings. The molecule has 3 rings (SSSR count). The van der Waals surface area contributed by atoms with Crippen molar-refractivity contribution in [1.29, 1.82) is 0 Å². The Kier molecular flexibility index (Phi) is 9.76. The number of nitrogens with one attached hydrogen (secondary N) is 3. The highest BCUT2D eigenvalue weighted by Crippen LogP contribution is 2.37. The number of amides is 3. The first-order valence-electron chi connectivity index (χ1n) is 10.8. The Hall–Kier alpha value is -2.32. The van der Waals surface area contributed by atoms with Gasteiger partial charge in [-0.05, 0) is 43.1 Å². The van der Waals surface area contributed by atoms with Crippen molar-refractivity contribution in [3.05, 3.63) is 63.6 Å². The predicted octanol–water partition coefficient (Wildman–Crippen LogP) is 4.19.